The quantitative estimate of drug-likeness (QED) is 0.672. The first kappa shape index (κ1) is 9.60. The van der Waals surface area contributed by atoms with Gasteiger partial charge in [0.15, 0.2) is 0 Å². The Morgan fingerprint density at radius 1 is 1.31 bits per heavy atom. The summed E-state index contributed by atoms with van der Waals surface area (Å²) in [6, 6.07) is 8.26. The third-order valence-electron chi connectivity index (χ3n) is 3.03. The zero-order valence-corrected chi connectivity index (χ0v) is 9.31. The highest BCUT2D eigenvalue weighted by molar-refractivity contribution is 5.93. The largest absolute Gasteiger partial charge is 0.375 e. The molecule has 0 N–H and O–H groups in total. The van der Waals surface area contributed by atoms with Crippen molar-refractivity contribution in [2.75, 3.05) is 25.1 Å². The number of ether oxygens (including phenoxy) is 1. The van der Waals surface area contributed by atoms with Gasteiger partial charge in [0.1, 0.15) is 0 Å². The van der Waals surface area contributed by atoms with E-state index in [0.29, 0.717) is 6.61 Å². The molecule has 0 saturated carbocycles. The average molecular weight is 214 g/mol. The molecule has 1 aliphatic heterocycles. The number of pyridine rings is 1. The molecule has 82 valence electrons. The van der Waals surface area contributed by atoms with Gasteiger partial charge in [0.05, 0.1) is 24.4 Å². The predicted molar refractivity (Wildman–Crippen MR) is 64.7 cm³/mol. The predicted octanol–water partition coefficient (Wildman–Crippen LogP) is 2.20. The highest BCUT2D eigenvalue weighted by atomic mass is 16.5. The first-order valence-corrected chi connectivity index (χ1v) is 5.52. The van der Waals surface area contributed by atoms with Crippen molar-refractivity contribution >= 4 is 16.6 Å². The second-order valence-electron chi connectivity index (χ2n) is 4.12. The fourth-order valence-electron chi connectivity index (χ4n) is 2.22. The molecule has 0 aliphatic carbocycles. The molecule has 3 rings (SSSR count). The number of para-hydroxylation sites is 1. The van der Waals surface area contributed by atoms with E-state index >= 15 is 0 Å². The average Bonchev–Trinajstić information content (AvgIpc) is 2.51. The van der Waals surface area contributed by atoms with Gasteiger partial charge in [0.25, 0.3) is 0 Å². The van der Waals surface area contributed by atoms with E-state index in [4.69, 9.17) is 4.74 Å². The number of hydrogen-bond acceptors (Lipinski definition) is 3. The van der Waals surface area contributed by atoms with Gasteiger partial charge in [-0.05, 0) is 6.07 Å². The van der Waals surface area contributed by atoms with E-state index in [1.54, 1.807) is 0 Å². The van der Waals surface area contributed by atoms with Crippen LogP contribution in [-0.2, 0) is 11.3 Å². The SMILES string of the molecule is CN1CCOCc2cnc3ccccc3c21. The summed E-state index contributed by atoms with van der Waals surface area (Å²) < 4.78 is 5.56. The van der Waals surface area contributed by atoms with Crippen molar-refractivity contribution in [2.45, 2.75) is 6.61 Å². The van der Waals surface area contributed by atoms with Gasteiger partial charge in [-0.1, -0.05) is 18.2 Å². The molecule has 1 aromatic heterocycles. The molecule has 2 heterocycles. The fourth-order valence-corrected chi connectivity index (χ4v) is 2.22. The third-order valence-corrected chi connectivity index (χ3v) is 3.03. The van der Waals surface area contributed by atoms with Gasteiger partial charge >= 0.3 is 0 Å². The molecule has 1 aliphatic rings. The zero-order chi connectivity index (χ0) is 11.0. The van der Waals surface area contributed by atoms with Crippen LogP contribution in [0.2, 0.25) is 0 Å². The number of hydrogen-bond donors (Lipinski definition) is 0. The Bertz CT molecular complexity index is 524. The monoisotopic (exact) mass is 214 g/mol. The Morgan fingerprint density at radius 3 is 3.12 bits per heavy atom. The van der Waals surface area contributed by atoms with E-state index in [1.165, 1.54) is 16.6 Å². The van der Waals surface area contributed by atoms with E-state index in [1.807, 2.05) is 12.3 Å². The minimum Gasteiger partial charge on any atom is -0.375 e. The molecule has 2 aromatic rings. The molecular formula is C13H14N2O. The summed E-state index contributed by atoms with van der Waals surface area (Å²) in [5.41, 5.74) is 3.50. The molecule has 0 bridgehead atoms. The highest BCUT2D eigenvalue weighted by Crippen LogP contribution is 2.30. The maximum atomic E-state index is 5.56. The fraction of sp³-hybridized carbons (Fsp3) is 0.308. The maximum Gasteiger partial charge on any atom is 0.0753 e. The lowest BCUT2D eigenvalue weighted by atomic mass is 10.1. The van der Waals surface area contributed by atoms with Gasteiger partial charge in [-0.3, -0.25) is 4.98 Å². The van der Waals surface area contributed by atoms with Crippen LogP contribution in [0.5, 0.6) is 0 Å². The number of aromatic nitrogens is 1. The summed E-state index contributed by atoms with van der Waals surface area (Å²) in [4.78, 5) is 6.72. The van der Waals surface area contributed by atoms with Crippen LogP contribution < -0.4 is 4.90 Å². The van der Waals surface area contributed by atoms with Gasteiger partial charge in [0.2, 0.25) is 0 Å². The summed E-state index contributed by atoms with van der Waals surface area (Å²) in [7, 11) is 2.11. The summed E-state index contributed by atoms with van der Waals surface area (Å²) in [6.07, 6.45) is 1.93. The van der Waals surface area contributed by atoms with E-state index in [2.05, 4.69) is 35.1 Å². The summed E-state index contributed by atoms with van der Waals surface area (Å²) in [5.74, 6) is 0. The number of benzene rings is 1. The molecule has 0 radical (unpaired) electrons. The van der Waals surface area contributed by atoms with Gasteiger partial charge in [-0.25, -0.2) is 0 Å². The lowest BCUT2D eigenvalue weighted by Crippen LogP contribution is -2.20. The molecule has 0 amide bonds. The first-order valence-electron chi connectivity index (χ1n) is 5.52. The third kappa shape index (κ3) is 1.44. The normalized spacial score (nSPS) is 15.9. The van der Waals surface area contributed by atoms with E-state index in [0.717, 1.165) is 18.7 Å². The van der Waals surface area contributed by atoms with Crippen LogP contribution >= 0.6 is 0 Å². The smallest absolute Gasteiger partial charge is 0.0753 e. The number of nitrogens with zero attached hydrogens (tertiary/aromatic N) is 2. The Morgan fingerprint density at radius 2 is 2.19 bits per heavy atom. The van der Waals surface area contributed by atoms with Crippen molar-refractivity contribution in [3.05, 3.63) is 36.0 Å². The summed E-state index contributed by atoms with van der Waals surface area (Å²) in [6.45, 7) is 2.37. The molecule has 0 spiro atoms. The number of likely N-dealkylation sites (N-methyl/N-ethyl adjacent to an activating group) is 1. The minimum atomic E-state index is 0.664. The number of fused-ring (bicyclic) bond motifs is 3. The lowest BCUT2D eigenvalue weighted by molar-refractivity contribution is 0.132. The van der Waals surface area contributed by atoms with Crippen LogP contribution in [0.1, 0.15) is 5.56 Å². The van der Waals surface area contributed by atoms with E-state index in [-0.39, 0.29) is 0 Å². The molecule has 16 heavy (non-hydrogen) atoms. The molecule has 1 aromatic carbocycles. The van der Waals surface area contributed by atoms with Crippen molar-refractivity contribution in [1.29, 1.82) is 0 Å². The van der Waals surface area contributed by atoms with Crippen molar-refractivity contribution in [3.8, 4) is 0 Å². The summed E-state index contributed by atoms with van der Waals surface area (Å²) >= 11 is 0. The number of rotatable bonds is 0. The Balaban J connectivity index is 2.30. The van der Waals surface area contributed by atoms with Gasteiger partial charge in [0, 0.05) is 30.7 Å². The molecular weight excluding hydrogens is 200 g/mol. The molecule has 0 fully saturated rings. The second kappa shape index (κ2) is 3.76. The van der Waals surface area contributed by atoms with Crippen molar-refractivity contribution in [1.82, 2.24) is 4.98 Å². The van der Waals surface area contributed by atoms with Gasteiger partial charge < -0.3 is 9.64 Å². The first-order chi connectivity index (χ1) is 7.86. The standard InChI is InChI=1S/C13H14N2O/c1-15-6-7-16-9-10-8-14-12-5-3-2-4-11(12)13(10)15/h2-5,8H,6-7,9H2,1H3. The maximum absolute atomic E-state index is 5.56. The molecule has 0 saturated heterocycles. The molecule has 3 heteroatoms. The summed E-state index contributed by atoms with van der Waals surface area (Å²) in [5, 5.41) is 1.22. The van der Waals surface area contributed by atoms with Crippen LogP contribution in [0.4, 0.5) is 5.69 Å². The van der Waals surface area contributed by atoms with E-state index < -0.39 is 0 Å². The van der Waals surface area contributed by atoms with Crippen LogP contribution in [0.3, 0.4) is 0 Å². The number of anilines is 1. The van der Waals surface area contributed by atoms with Crippen LogP contribution in [0.15, 0.2) is 30.5 Å². The second-order valence-corrected chi connectivity index (χ2v) is 4.12. The Kier molecular flexibility index (Phi) is 2.26. The highest BCUT2D eigenvalue weighted by Gasteiger charge is 2.15. The van der Waals surface area contributed by atoms with Crippen molar-refractivity contribution < 1.29 is 4.74 Å². The van der Waals surface area contributed by atoms with Crippen molar-refractivity contribution in [2.24, 2.45) is 0 Å². The molecule has 0 atom stereocenters. The van der Waals surface area contributed by atoms with Crippen LogP contribution in [0.25, 0.3) is 10.9 Å². The van der Waals surface area contributed by atoms with E-state index in [9.17, 15) is 0 Å². The van der Waals surface area contributed by atoms with Crippen molar-refractivity contribution in [3.63, 3.8) is 0 Å². The van der Waals surface area contributed by atoms with Crippen LogP contribution in [-0.4, -0.2) is 25.2 Å². The van der Waals surface area contributed by atoms with Gasteiger partial charge in [-0.2, -0.15) is 0 Å². The Hall–Kier alpha value is -1.61. The zero-order valence-electron chi connectivity index (χ0n) is 9.31. The Labute approximate surface area is 94.7 Å². The van der Waals surface area contributed by atoms with Gasteiger partial charge in [-0.15, -0.1) is 0 Å². The molecule has 0 unspecified atom stereocenters. The molecule has 3 nitrogen and oxygen atoms in total. The lowest BCUT2D eigenvalue weighted by Gasteiger charge is -2.20. The van der Waals surface area contributed by atoms with Crippen LogP contribution in [0, 0.1) is 0 Å². The topological polar surface area (TPSA) is 25.4 Å². The minimum absolute atomic E-state index is 0.664.